The molecule has 0 aromatic heterocycles. The molecule has 0 spiro atoms. The van der Waals surface area contributed by atoms with Crippen LogP contribution in [0.3, 0.4) is 0 Å². The van der Waals surface area contributed by atoms with Crippen molar-refractivity contribution in [3.63, 3.8) is 0 Å². The second-order valence-electron chi connectivity index (χ2n) is 8.41. The third-order valence-electron chi connectivity index (χ3n) is 4.07. The molecular weight excluding hydrogens is 284 g/mol. The summed E-state index contributed by atoms with van der Waals surface area (Å²) < 4.78 is 11.2. The lowest BCUT2D eigenvalue weighted by Gasteiger charge is -2.28. The molecule has 130 valence electrons. The summed E-state index contributed by atoms with van der Waals surface area (Å²) in [6.45, 7) is 13.7. The van der Waals surface area contributed by atoms with E-state index in [1.54, 1.807) is 14.2 Å². The highest BCUT2D eigenvalue weighted by atomic mass is 16.5. The van der Waals surface area contributed by atoms with Crippen LogP contribution in [0.25, 0.3) is 5.76 Å². The molecule has 0 radical (unpaired) electrons. The van der Waals surface area contributed by atoms with Gasteiger partial charge in [-0.05, 0) is 47.8 Å². The van der Waals surface area contributed by atoms with Crippen molar-refractivity contribution in [2.24, 2.45) is 10.8 Å². The molecule has 0 aliphatic heterocycles. The van der Waals surface area contributed by atoms with Crippen molar-refractivity contribution in [2.75, 3.05) is 14.2 Å². The summed E-state index contributed by atoms with van der Waals surface area (Å²) in [5, 5.41) is 0. The highest BCUT2D eigenvalue weighted by Gasteiger charge is 2.24. The lowest BCUT2D eigenvalue weighted by Crippen LogP contribution is -2.14. The lowest BCUT2D eigenvalue weighted by atomic mass is 9.79. The standard InChI is InChI=1S/C21H34O2/c1-20(2,3)14-10-13-18(21(4,5)6)19(23-8)16-11-9-12-17(15-16)22-7/h9,11-12,15H,10,13-14H2,1-8H3/b19-18-. The largest absolute Gasteiger partial charge is 0.497 e. The van der Waals surface area contributed by atoms with Crippen LogP contribution < -0.4 is 4.74 Å². The van der Waals surface area contributed by atoms with Crippen molar-refractivity contribution in [1.29, 1.82) is 0 Å². The van der Waals surface area contributed by atoms with Crippen molar-refractivity contribution >= 4 is 5.76 Å². The molecule has 1 aromatic rings. The normalized spacial score (nSPS) is 13.6. The van der Waals surface area contributed by atoms with Crippen LogP contribution in [-0.4, -0.2) is 14.2 Å². The number of hydrogen-bond donors (Lipinski definition) is 0. The second kappa shape index (κ2) is 7.90. The molecule has 0 heterocycles. The fourth-order valence-electron chi connectivity index (χ4n) is 2.80. The predicted octanol–water partition coefficient (Wildman–Crippen LogP) is 6.32. The van der Waals surface area contributed by atoms with Gasteiger partial charge in [0.25, 0.3) is 0 Å². The Hall–Kier alpha value is -1.44. The number of ether oxygens (including phenoxy) is 2. The number of rotatable bonds is 6. The van der Waals surface area contributed by atoms with Crippen LogP contribution in [0.1, 0.15) is 66.4 Å². The van der Waals surface area contributed by atoms with E-state index in [1.165, 1.54) is 18.4 Å². The fourth-order valence-corrected chi connectivity index (χ4v) is 2.80. The Labute approximate surface area is 142 Å². The molecule has 0 fully saturated rings. The summed E-state index contributed by atoms with van der Waals surface area (Å²) in [6.07, 6.45) is 3.44. The average Bonchev–Trinajstić information content (AvgIpc) is 2.44. The van der Waals surface area contributed by atoms with Gasteiger partial charge < -0.3 is 9.47 Å². The minimum absolute atomic E-state index is 0.0757. The lowest BCUT2D eigenvalue weighted by molar-refractivity contribution is 0.335. The Morgan fingerprint density at radius 2 is 1.65 bits per heavy atom. The zero-order chi connectivity index (χ0) is 17.7. The van der Waals surface area contributed by atoms with Gasteiger partial charge in [0.05, 0.1) is 14.2 Å². The van der Waals surface area contributed by atoms with Crippen molar-refractivity contribution in [3.05, 3.63) is 35.4 Å². The van der Waals surface area contributed by atoms with Gasteiger partial charge in [-0.1, -0.05) is 53.7 Å². The molecule has 2 nitrogen and oxygen atoms in total. The third-order valence-corrected chi connectivity index (χ3v) is 4.07. The summed E-state index contributed by atoms with van der Waals surface area (Å²) in [6, 6.07) is 8.13. The van der Waals surface area contributed by atoms with E-state index in [-0.39, 0.29) is 5.41 Å². The molecule has 0 saturated carbocycles. The van der Waals surface area contributed by atoms with E-state index in [1.807, 2.05) is 18.2 Å². The van der Waals surface area contributed by atoms with Gasteiger partial charge in [-0.3, -0.25) is 0 Å². The van der Waals surface area contributed by atoms with E-state index in [4.69, 9.17) is 9.47 Å². The quantitative estimate of drug-likeness (QED) is 0.572. The third kappa shape index (κ3) is 6.29. The maximum atomic E-state index is 5.83. The number of methoxy groups -OCH3 is 2. The summed E-state index contributed by atoms with van der Waals surface area (Å²) in [5.41, 5.74) is 2.91. The highest BCUT2D eigenvalue weighted by Crippen LogP contribution is 2.38. The molecule has 0 aliphatic carbocycles. The van der Waals surface area contributed by atoms with Crippen LogP contribution in [0, 0.1) is 10.8 Å². The Balaban J connectivity index is 3.19. The average molecular weight is 319 g/mol. The van der Waals surface area contributed by atoms with Crippen LogP contribution in [0.5, 0.6) is 5.75 Å². The first-order valence-corrected chi connectivity index (χ1v) is 8.50. The van der Waals surface area contributed by atoms with Gasteiger partial charge in [-0.15, -0.1) is 0 Å². The zero-order valence-corrected chi connectivity index (χ0v) is 16.2. The topological polar surface area (TPSA) is 18.5 Å². The first-order valence-electron chi connectivity index (χ1n) is 8.50. The van der Waals surface area contributed by atoms with E-state index in [2.05, 4.69) is 47.6 Å². The first kappa shape index (κ1) is 19.6. The Morgan fingerprint density at radius 1 is 1.00 bits per heavy atom. The van der Waals surface area contributed by atoms with Crippen molar-refractivity contribution in [1.82, 2.24) is 0 Å². The summed E-state index contributed by atoms with van der Waals surface area (Å²) in [7, 11) is 3.47. The van der Waals surface area contributed by atoms with E-state index < -0.39 is 0 Å². The number of hydrogen-bond acceptors (Lipinski definition) is 2. The predicted molar refractivity (Wildman–Crippen MR) is 99.7 cm³/mol. The molecule has 0 amide bonds. The van der Waals surface area contributed by atoms with Gasteiger partial charge in [0.15, 0.2) is 0 Å². The fraction of sp³-hybridized carbons (Fsp3) is 0.619. The van der Waals surface area contributed by atoms with Crippen molar-refractivity contribution in [3.8, 4) is 5.75 Å². The van der Waals surface area contributed by atoms with Gasteiger partial charge in [0.2, 0.25) is 0 Å². The monoisotopic (exact) mass is 318 g/mol. The smallest absolute Gasteiger partial charge is 0.125 e. The summed E-state index contributed by atoms with van der Waals surface area (Å²) in [4.78, 5) is 0. The molecule has 0 saturated heterocycles. The van der Waals surface area contributed by atoms with E-state index in [9.17, 15) is 0 Å². The first-order chi connectivity index (χ1) is 10.6. The Bertz CT molecular complexity index is 528. The molecule has 0 bridgehead atoms. The molecule has 23 heavy (non-hydrogen) atoms. The number of benzene rings is 1. The van der Waals surface area contributed by atoms with E-state index in [0.717, 1.165) is 23.5 Å². The maximum absolute atomic E-state index is 5.83. The highest BCUT2D eigenvalue weighted by molar-refractivity contribution is 5.65. The number of allylic oxidation sites excluding steroid dienone is 1. The van der Waals surface area contributed by atoms with E-state index in [0.29, 0.717) is 5.41 Å². The van der Waals surface area contributed by atoms with Gasteiger partial charge in [0.1, 0.15) is 11.5 Å². The van der Waals surface area contributed by atoms with Crippen LogP contribution >= 0.6 is 0 Å². The molecule has 0 N–H and O–H groups in total. The minimum Gasteiger partial charge on any atom is -0.497 e. The second-order valence-corrected chi connectivity index (χ2v) is 8.41. The van der Waals surface area contributed by atoms with Crippen molar-refractivity contribution < 1.29 is 9.47 Å². The van der Waals surface area contributed by atoms with Crippen LogP contribution in [0.15, 0.2) is 29.8 Å². The van der Waals surface area contributed by atoms with Crippen LogP contribution in [0.4, 0.5) is 0 Å². The molecular formula is C21H34O2. The molecule has 1 rings (SSSR count). The van der Waals surface area contributed by atoms with Crippen molar-refractivity contribution in [2.45, 2.75) is 60.8 Å². The molecule has 0 atom stereocenters. The zero-order valence-electron chi connectivity index (χ0n) is 16.2. The van der Waals surface area contributed by atoms with Gasteiger partial charge in [0, 0.05) is 5.56 Å². The molecule has 2 heteroatoms. The maximum Gasteiger partial charge on any atom is 0.125 e. The molecule has 0 unspecified atom stereocenters. The Kier molecular flexibility index (Phi) is 6.73. The van der Waals surface area contributed by atoms with Crippen LogP contribution in [-0.2, 0) is 4.74 Å². The Morgan fingerprint density at radius 3 is 2.13 bits per heavy atom. The molecule has 1 aromatic carbocycles. The minimum atomic E-state index is 0.0757. The SMILES string of the molecule is CO/C(=C(/CCCC(C)(C)C)C(C)(C)C)c1cccc(OC)c1. The van der Waals surface area contributed by atoms with E-state index >= 15 is 0 Å². The molecule has 0 aliphatic rings. The van der Waals surface area contributed by atoms with Crippen LogP contribution in [0.2, 0.25) is 0 Å². The summed E-state index contributed by atoms with van der Waals surface area (Å²) >= 11 is 0. The summed E-state index contributed by atoms with van der Waals surface area (Å²) in [5.74, 6) is 1.85. The van der Waals surface area contributed by atoms with Gasteiger partial charge in [-0.2, -0.15) is 0 Å². The van der Waals surface area contributed by atoms with Gasteiger partial charge in [-0.25, -0.2) is 0 Å². The van der Waals surface area contributed by atoms with Gasteiger partial charge >= 0.3 is 0 Å².